The number of esters is 1. The molecule has 0 saturated heterocycles. The minimum atomic E-state index is -0.679. The van der Waals surface area contributed by atoms with Gasteiger partial charge in [0.1, 0.15) is 5.75 Å². The number of ether oxygens (including phenoxy) is 2. The van der Waals surface area contributed by atoms with Crippen molar-refractivity contribution in [3.05, 3.63) is 58.7 Å². The molecular formula is C21H25NO4. The van der Waals surface area contributed by atoms with E-state index in [1.165, 1.54) is 0 Å². The summed E-state index contributed by atoms with van der Waals surface area (Å²) in [5.41, 5.74) is 3.70. The van der Waals surface area contributed by atoms with Gasteiger partial charge in [-0.3, -0.25) is 4.79 Å². The molecule has 2 aromatic carbocycles. The molecule has 0 aromatic heterocycles. The van der Waals surface area contributed by atoms with E-state index in [0.29, 0.717) is 29.2 Å². The Bertz CT molecular complexity index is 814. The highest BCUT2D eigenvalue weighted by Gasteiger charge is 2.19. The van der Waals surface area contributed by atoms with Gasteiger partial charge in [-0.2, -0.15) is 0 Å². The molecule has 1 N–H and O–H groups in total. The molecule has 2 rings (SSSR count). The molecular weight excluding hydrogens is 330 g/mol. The first-order chi connectivity index (χ1) is 12.3. The van der Waals surface area contributed by atoms with Crippen LogP contribution in [0.4, 0.5) is 5.69 Å². The van der Waals surface area contributed by atoms with Gasteiger partial charge in [0.05, 0.1) is 12.2 Å². The largest absolute Gasteiger partial charge is 0.481 e. The van der Waals surface area contributed by atoms with E-state index in [4.69, 9.17) is 9.47 Å². The minimum absolute atomic E-state index is 0.282. The van der Waals surface area contributed by atoms with Crippen molar-refractivity contribution in [2.24, 2.45) is 0 Å². The van der Waals surface area contributed by atoms with Crippen molar-refractivity contribution in [2.75, 3.05) is 11.9 Å². The fourth-order valence-electron chi connectivity index (χ4n) is 2.51. The second-order valence-electron chi connectivity index (χ2n) is 6.22. The molecule has 0 heterocycles. The zero-order chi connectivity index (χ0) is 19.3. The fourth-order valence-corrected chi connectivity index (χ4v) is 2.51. The second-order valence-corrected chi connectivity index (χ2v) is 6.22. The van der Waals surface area contributed by atoms with E-state index in [1.54, 1.807) is 39.0 Å². The van der Waals surface area contributed by atoms with Crippen LogP contribution in [0, 0.1) is 20.8 Å². The molecule has 0 aliphatic carbocycles. The third-order valence-corrected chi connectivity index (χ3v) is 4.10. The average molecular weight is 355 g/mol. The van der Waals surface area contributed by atoms with Crippen LogP contribution in [-0.4, -0.2) is 24.6 Å². The zero-order valence-electron chi connectivity index (χ0n) is 15.9. The first-order valence-corrected chi connectivity index (χ1v) is 8.65. The summed E-state index contributed by atoms with van der Waals surface area (Å²) in [5.74, 6) is 0.000411. The number of hydrogen-bond acceptors (Lipinski definition) is 4. The Kier molecular flexibility index (Phi) is 6.39. The first kappa shape index (κ1) is 19.5. The lowest BCUT2D eigenvalue weighted by Crippen LogP contribution is -2.30. The number of anilines is 1. The first-order valence-electron chi connectivity index (χ1n) is 8.65. The Morgan fingerprint density at radius 3 is 2.54 bits per heavy atom. The van der Waals surface area contributed by atoms with Crippen LogP contribution in [0.15, 0.2) is 36.4 Å². The van der Waals surface area contributed by atoms with Gasteiger partial charge in [-0.15, -0.1) is 0 Å². The summed E-state index contributed by atoms with van der Waals surface area (Å²) in [7, 11) is 0. The van der Waals surface area contributed by atoms with Crippen LogP contribution in [0.3, 0.4) is 0 Å². The van der Waals surface area contributed by atoms with Crippen LogP contribution in [0.2, 0.25) is 0 Å². The van der Waals surface area contributed by atoms with Gasteiger partial charge >= 0.3 is 5.97 Å². The summed E-state index contributed by atoms with van der Waals surface area (Å²) in [4.78, 5) is 24.5. The third-order valence-electron chi connectivity index (χ3n) is 4.10. The van der Waals surface area contributed by atoms with Gasteiger partial charge in [-0.05, 0) is 69.5 Å². The van der Waals surface area contributed by atoms with Crippen molar-refractivity contribution in [1.82, 2.24) is 0 Å². The summed E-state index contributed by atoms with van der Waals surface area (Å²) >= 11 is 0. The Morgan fingerprint density at radius 1 is 1.12 bits per heavy atom. The van der Waals surface area contributed by atoms with Crippen molar-refractivity contribution in [1.29, 1.82) is 0 Å². The monoisotopic (exact) mass is 355 g/mol. The summed E-state index contributed by atoms with van der Waals surface area (Å²) in [6.45, 7) is 9.44. The van der Waals surface area contributed by atoms with Gasteiger partial charge < -0.3 is 14.8 Å². The van der Waals surface area contributed by atoms with E-state index < -0.39 is 12.1 Å². The number of rotatable bonds is 6. The molecule has 0 fully saturated rings. The second kappa shape index (κ2) is 8.52. The van der Waals surface area contributed by atoms with Crippen molar-refractivity contribution in [2.45, 2.75) is 40.7 Å². The molecule has 2 aromatic rings. The molecule has 5 nitrogen and oxygen atoms in total. The molecule has 1 amide bonds. The highest BCUT2D eigenvalue weighted by molar-refractivity contribution is 5.98. The smallest absolute Gasteiger partial charge is 0.338 e. The van der Waals surface area contributed by atoms with E-state index in [1.807, 2.05) is 32.0 Å². The number of carbonyl (C=O) groups is 2. The highest BCUT2D eigenvalue weighted by atomic mass is 16.5. The van der Waals surface area contributed by atoms with Gasteiger partial charge in [0.2, 0.25) is 0 Å². The minimum Gasteiger partial charge on any atom is -0.481 e. The van der Waals surface area contributed by atoms with Gasteiger partial charge in [-0.1, -0.05) is 18.2 Å². The predicted molar refractivity (Wildman–Crippen MR) is 102 cm³/mol. The van der Waals surface area contributed by atoms with Crippen LogP contribution in [-0.2, 0) is 9.53 Å². The topological polar surface area (TPSA) is 64.6 Å². The maximum absolute atomic E-state index is 12.5. The number of aryl methyl sites for hydroxylation is 2. The molecule has 0 spiro atoms. The Hall–Kier alpha value is -2.82. The molecule has 0 bridgehead atoms. The van der Waals surface area contributed by atoms with Crippen LogP contribution in [0.25, 0.3) is 0 Å². The Labute approximate surface area is 154 Å². The maximum Gasteiger partial charge on any atom is 0.338 e. The van der Waals surface area contributed by atoms with E-state index >= 15 is 0 Å². The van der Waals surface area contributed by atoms with Crippen LogP contribution < -0.4 is 10.1 Å². The summed E-state index contributed by atoms with van der Waals surface area (Å²) in [6, 6.07) is 11.0. The average Bonchev–Trinajstić information content (AvgIpc) is 2.60. The van der Waals surface area contributed by atoms with E-state index in [0.717, 1.165) is 11.1 Å². The molecule has 0 aliphatic heterocycles. The van der Waals surface area contributed by atoms with E-state index in [2.05, 4.69) is 5.32 Å². The van der Waals surface area contributed by atoms with E-state index in [-0.39, 0.29) is 5.91 Å². The number of benzene rings is 2. The van der Waals surface area contributed by atoms with Crippen molar-refractivity contribution >= 4 is 17.6 Å². The van der Waals surface area contributed by atoms with Crippen LogP contribution in [0.1, 0.15) is 40.9 Å². The number of amides is 1. The maximum atomic E-state index is 12.5. The zero-order valence-corrected chi connectivity index (χ0v) is 15.9. The molecule has 0 radical (unpaired) electrons. The predicted octanol–water partition coefficient (Wildman–Crippen LogP) is 4.19. The van der Waals surface area contributed by atoms with Crippen LogP contribution >= 0.6 is 0 Å². The molecule has 5 heteroatoms. The molecule has 1 atom stereocenters. The van der Waals surface area contributed by atoms with Crippen molar-refractivity contribution in [3.8, 4) is 5.75 Å². The lowest BCUT2D eigenvalue weighted by Gasteiger charge is -2.18. The van der Waals surface area contributed by atoms with E-state index in [9.17, 15) is 9.59 Å². The molecule has 0 unspecified atom stereocenters. The standard InChI is InChI=1S/C21H25NO4/c1-6-25-21(24)17-8-7-9-18(15(17)4)22-20(23)16(5)26-19-12-13(2)10-11-14(19)3/h7-12,16H,6H2,1-5H3,(H,22,23)/t16-/m1/s1. The number of carbonyl (C=O) groups excluding carboxylic acids is 2. The molecule has 0 saturated carbocycles. The Balaban J connectivity index is 2.13. The molecule has 138 valence electrons. The third kappa shape index (κ3) is 4.63. The van der Waals surface area contributed by atoms with Gasteiger partial charge in [0, 0.05) is 5.69 Å². The van der Waals surface area contributed by atoms with Gasteiger partial charge in [0.25, 0.3) is 5.91 Å². The summed E-state index contributed by atoms with van der Waals surface area (Å²) in [5, 5.41) is 2.83. The normalized spacial score (nSPS) is 11.6. The number of hydrogen-bond donors (Lipinski definition) is 1. The van der Waals surface area contributed by atoms with Gasteiger partial charge in [-0.25, -0.2) is 4.79 Å². The number of nitrogens with one attached hydrogen (secondary N) is 1. The molecule has 0 aliphatic rings. The van der Waals surface area contributed by atoms with Crippen LogP contribution in [0.5, 0.6) is 5.75 Å². The lowest BCUT2D eigenvalue weighted by molar-refractivity contribution is -0.122. The SMILES string of the molecule is CCOC(=O)c1cccc(NC(=O)[C@@H](C)Oc2cc(C)ccc2C)c1C. The highest BCUT2D eigenvalue weighted by Crippen LogP contribution is 2.23. The Morgan fingerprint density at radius 2 is 1.85 bits per heavy atom. The fraction of sp³-hybridized carbons (Fsp3) is 0.333. The summed E-state index contributed by atoms with van der Waals surface area (Å²) < 4.78 is 10.9. The van der Waals surface area contributed by atoms with Crippen molar-refractivity contribution in [3.63, 3.8) is 0 Å². The van der Waals surface area contributed by atoms with Crippen molar-refractivity contribution < 1.29 is 19.1 Å². The quantitative estimate of drug-likeness (QED) is 0.789. The summed E-state index contributed by atoms with van der Waals surface area (Å²) in [6.07, 6.45) is -0.679. The van der Waals surface area contributed by atoms with Gasteiger partial charge in [0.15, 0.2) is 6.10 Å². The molecule has 26 heavy (non-hydrogen) atoms. The lowest BCUT2D eigenvalue weighted by atomic mass is 10.1.